The molecule has 0 atom stereocenters. The minimum absolute atomic E-state index is 0.249. The van der Waals surface area contributed by atoms with Crippen molar-refractivity contribution in [2.24, 2.45) is 0 Å². The van der Waals surface area contributed by atoms with Crippen LogP contribution in [-0.4, -0.2) is 22.7 Å². The van der Waals surface area contributed by atoms with E-state index in [1.807, 2.05) is 30.3 Å². The Morgan fingerprint density at radius 2 is 1.70 bits per heavy atom. The summed E-state index contributed by atoms with van der Waals surface area (Å²) in [4.78, 5) is 0. The molecule has 27 heavy (non-hydrogen) atoms. The molecule has 2 aromatic carbocycles. The lowest BCUT2D eigenvalue weighted by atomic mass is 10.0. The van der Waals surface area contributed by atoms with Crippen molar-refractivity contribution in [3.05, 3.63) is 60.2 Å². The lowest BCUT2D eigenvalue weighted by Gasteiger charge is -2.11. The van der Waals surface area contributed by atoms with Crippen LogP contribution in [0, 0.1) is 0 Å². The van der Waals surface area contributed by atoms with Crippen LogP contribution in [0.2, 0.25) is 0 Å². The highest BCUT2D eigenvalue weighted by molar-refractivity contribution is 5.71. The first-order valence-corrected chi connectivity index (χ1v) is 8.79. The summed E-state index contributed by atoms with van der Waals surface area (Å²) in [5.74, 6) is 0.650. The summed E-state index contributed by atoms with van der Waals surface area (Å²) < 4.78 is 42.8. The first-order chi connectivity index (χ1) is 13.0. The predicted octanol–water partition coefficient (Wildman–Crippen LogP) is 5.19. The van der Waals surface area contributed by atoms with Crippen LogP contribution in [0.5, 0.6) is 5.75 Å². The van der Waals surface area contributed by atoms with E-state index in [4.69, 9.17) is 5.10 Å². The molecule has 4 rings (SSSR count). The van der Waals surface area contributed by atoms with E-state index >= 15 is 0 Å². The monoisotopic (exact) mass is 373 g/mol. The number of benzene rings is 2. The van der Waals surface area contributed by atoms with Crippen molar-refractivity contribution in [2.45, 2.75) is 25.6 Å². The fourth-order valence-corrected chi connectivity index (χ4v) is 3.31. The molecule has 0 fully saturated rings. The topological polar surface area (TPSA) is 39.1 Å². The van der Waals surface area contributed by atoms with Crippen LogP contribution >= 0.6 is 0 Å². The van der Waals surface area contributed by atoms with Gasteiger partial charge in [0, 0.05) is 17.7 Å². The van der Waals surface area contributed by atoms with Crippen molar-refractivity contribution in [1.82, 2.24) is 9.78 Å². The van der Waals surface area contributed by atoms with Gasteiger partial charge in [0.15, 0.2) is 0 Å². The van der Waals surface area contributed by atoms with Crippen molar-refractivity contribution in [3.63, 3.8) is 0 Å². The number of ether oxygens (including phenoxy) is 1. The molecule has 140 valence electrons. The Hall–Kier alpha value is -2.96. The average Bonchev–Trinajstić information content (AvgIpc) is 2.83. The zero-order valence-electron chi connectivity index (χ0n) is 14.5. The van der Waals surface area contributed by atoms with Crippen molar-refractivity contribution in [1.29, 1.82) is 0 Å². The number of alkyl halides is 3. The summed E-state index contributed by atoms with van der Waals surface area (Å²) in [7, 11) is 0. The smallest absolute Gasteiger partial charge is 0.406 e. The van der Waals surface area contributed by atoms with Gasteiger partial charge in [-0.25, -0.2) is 4.68 Å². The molecule has 0 radical (unpaired) electrons. The zero-order chi connectivity index (χ0) is 18.9. The molecule has 0 bridgehead atoms. The largest absolute Gasteiger partial charge is 0.573 e. The third-order valence-corrected chi connectivity index (χ3v) is 4.49. The number of nitrogens with one attached hydrogen (secondary N) is 1. The molecule has 1 aliphatic rings. The molecule has 1 aliphatic heterocycles. The van der Waals surface area contributed by atoms with Gasteiger partial charge in [-0.15, -0.1) is 13.2 Å². The zero-order valence-corrected chi connectivity index (χ0v) is 14.5. The fourth-order valence-electron chi connectivity index (χ4n) is 3.31. The first kappa shape index (κ1) is 17.5. The van der Waals surface area contributed by atoms with E-state index in [1.54, 1.807) is 16.8 Å². The molecular weight excluding hydrogens is 355 g/mol. The maximum Gasteiger partial charge on any atom is 0.573 e. The number of hydrogen-bond acceptors (Lipinski definition) is 3. The number of fused-ring (bicyclic) bond motifs is 1. The molecule has 0 amide bonds. The second kappa shape index (κ2) is 6.98. The predicted molar refractivity (Wildman–Crippen MR) is 97.1 cm³/mol. The minimum atomic E-state index is -4.70. The number of rotatable bonds is 3. The number of halogens is 3. The van der Waals surface area contributed by atoms with Crippen molar-refractivity contribution in [2.75, 3.05) is 11.9 Å². The first-order valence-electron chi connectivity index (χ1n) is 8.79. The highest BCUT2D eigenvalue weighted by Gasteiger charge is 2.31. The molecule has 0 spiro atoms. The number of anilines is 1. The quantitative estimate of drug-likeness (QED) is 0.687. The van der Waals surface area contributed by atoms with Crippen LogP contribution in [0.1, 0.15) is 18.4 Å². The van der Waals surface area contributed by atoms with E-state index in [0.717, 1.165) is 48.4 Å². The van der Waals surface area contributed by atoms with Crippen molar-refractivity contribution >= 4 is 5.82 Å². The lowest BCUT2D eigenvalue weighted by Crippen LogP contribution is -2.17. The van der Waals surface area contributed by atoms with E-state index in [1.165, 1.54) is 12.1 Å². The highest BCUT2D eigenvalue weighted by atomic mass is 19.4. The minimum Gasteiger partial charge on any atom is -0.406 e. The van der Waals surface area contributed by atoms with Gasteiger partial charge in [-0.05, 0) is 43.5 Å². The third-order valence-electron chi connectivity index (χ3n) is 4.49. The molecule has 7 heteroatoms. The summed E-state index contributed by atoms with van der Waals surface area (Å²) in [6, 6.07) is 15.7. The maximum atomic E-state index is 12.4. The summed E-state index contributed by atoms with van der Waals surface area (Å²) >= 11 is 0. The fraction of sp³-hybridized carbons (Fsp3) is 0.250. The Labute approximate surface area is 154 Å². The van der Waals surface area contributed by atoms with Crippen molar-refractivity contribution in [3.8, 4) is 22.7 Å². The maximum absolute atomic E-state index is 12.4. The second-order valence-corrected chi connectivity index (χ2v) is 6.38. The molecule has 0 saturated carbocycles. The van der Waals surface area contributed by atoms with E-state index in [-0.39, 0.29) is 5.75 Å². The van der Waals surface area contributed by atoms with Gasteiger partial charge in [-0.3, -0.25) is 0 Å². The molecule has 0 unspecified atom stereocenters. The van der Waals surface area contributed by atoms with Gasteiger partial charge < -0.3 is 10.1 Å². The van der Waals surface area contributed by atoms with E-state index < -0.39 is 6.36 Å². The lowest BCUT2D eigenvalue weighted by molar-refractivity contribution is -0.274. The summed E-state index contributed by atoms with van der Waals surface area (Å²) in [6.45, 7) is 0.836. The van der Waals surface area contributed by atoms with Crippen LogP contribution in [-0.2, 0) is 6.42 Å². The summed E-state index contributed by atoms with van der Waals surface area (Å²) in [5.41, 5.74) is 3.73. The Morgan fingerprint density at radius 1 is 0.963 bits per heavy atom. The van der Waals surface area contributed by atoms with Crippen LogP contribution in [0.15, 0.2) is 54.6 Å². The SMILES string of the molecule is FC(F)(F)Oc1ccc(-n2nc(-c3ccccc3)c3c2NCCCC3)cc1. The highest BCUT2D eigenvalue weighted by Crippen LogP contribution is 2.34. The van der Waals surface area contributed by atoms with Gasteiger partial charge in [0.2, 0.25) is 0 Å². The van der Waals surface area contributed by atoms with Gasteiger partial charge in [0.05, 0.1) is 11.4 Å². The van der Waals surface area contributed by atoms with Gasteiger partial charge in [-0.2, -0.15) is 5.10 Å². The van der Waals surface area contributed by atoms with Crippen LogP contribution in [0.3, 0.4) is 0 Å². The standard InChI is InChI=1S/C20H18F3N3O/c21-20(22,23)27-16-11-9-15(10-12-16)26-19-17(8-4-5-13-24-19)18(25-26)14-6-2-1-3-7-14/h1-3,6-7,9-12,24H,4-5,8,13H2. The number of hydrogen-bond donors (Lipinski definition) is 1. The van der Waals surface area contributed by atoms with Gasteiger partial charge >= 0.3 is 6.36 Å². The van der Waals surface area contributed by atoms with Crippen LogP contribution in [0.25, 0.3) is 16.9 Å². The summed E-state index contributed by atoms with van der Waals surface area (Å²) in [6.07, 6.45) is -1.68. The Kier molecular flexibility index (Phi) is 4.51. The molecule has 4 nitrogen and oxygen atoms in total. The second-order valence-electron chi connectivity index (χ2n) is 6.38. The van der Waals surface area contributed by atoms with Crippen molar-refractivity contribution < 1.29 is 17.9 Å². The molecule has 3 aromatic rings. The third kappa shape index (κ3) is 3.77. The number of nitrogens with zero attached hydrogens (tertiary/aromatic N) is 2. The Morgan fingerprint density at radius 3 is 2.41 bits per heavy atom. The van der Waals surface area contributed by atoms with Gasteiger partial charge in [-0.1, -0.05) is 30.3 Å². The van der Waals surface area contributed by atoms with Crippen LogP contribution in [0.4, 0.5) is 19.0 Å². The van der Waals surface area contributed by atoms with E-state index in [2.05, 4.69) is 10.1 Å². The number of aromatic nitrogens is 2. The Bertz CT molecular complexity index is 918. The summed E-state index contributed by atoms with van der Waals surface area (Å²) in [5, 5.41) is 8.19. The van der Waals surface area contributed by atoms with E-state index in [9.17, 15) is 13.2 Å². The Balaban J connectivity index is 1.76. The molecule has 0 aliphatic carbocycles. The van der Waals surface area contributed by atoms with Gasteiger partial charge in [0.1, 0.15) is 11.6 Å². The van der Waals surface area contributed by atoms with Crippen LogP contribution < -0.4 is 10.1 Å². The molecular formula is C20H18F3N3O. The molecule has 1 aromatic heterocycles. The molecule has 1 N–H and O–H groups in total. The molecule has 2 heterocycles. The van der Waals surface area contributed by atoms with Gasteiger partial charge in [0.25, 0.3) is 0 Å². The average molecular weight is 373 g/mol. The molecule has 0 saturated heterocycles. The normalized spacial score (nSPS) is 14.2. The van der Waals surface area contributed by atoms with E-state index in [0.29, 0.717) is 5.69 Å².